The van der Waals surface area contributed by atoms with E-state index in [0.717, 1.165) is 17.6 Å². The van der Waals surface area contributed by atoms with Crippen molar-refractivity contribution in [1.29, 1.82) is 0 Å². The Balaban J connectivity index is 2.70. The zero-order valence-corrected chi connectivity index (χ0v) is 12.5. The molecule has 0 aliphatic carbocycles. The molecule has 1 rings (SSSR count). The summed E-state index contributed by atoms with van der Waals surface area (Å²) in [7, 11) is 0. The molecule has 0 aliphatic heterocycles. The third-order valence-corrected chi connectivity index (χ3v) is 4.58. The Morgan fingerprint density at radius 1 is 1.50 bits per heavy atom. The van der Waals surface area contributed by atoms with Crippen molar-refractivity contribution < 1.29 is 0 Å². The van der Waals surface area contributed by atoms with Crippen molar-refractivity contribution in [2.75, 3.05) is 19.6 Å². The van der Waals surface area contributed by atoms with Crippen LogP contribution in [0.2, 0.25) is 0 Å². The molecule has 0 fully saturated rings. The van der Waals surface area contributed by atoms with E-state index < -0.39 is 0 Å². The Kier molecular flexibility index (Phi) is 6.58. The molecule has 0 aromatic carbocycles. The van der Waals surface area contributed by atoms with Crippen LogP contribution < -0.4 is 5.73 Å². The molecule has 0 radical (unpaired) electrons. The second-order valence-corrected chi connectivity index (χ2v) is 5.76. The largest absolute Gasteiger partial charge is 0.329 e. The Hall–Kier alpha value is 0.1000. The van der Waals surface area contributed by atoms with Crippen LogP contribution in [0.25, 0.3) is 0 Å². The molecule has 0 saturated carbocycles. The van der Waals surface area contributed by atoms with Gasteiger partial charge in [0.2, 0.25) is 0 Å². The van der Waals surface area contributed by atoms with E-state index in [1.54, 1.807) is 11.3 Å². The molecular formula is C12H21BrN2S. The Labute approximate surface area is 111 Å². The fourth-order valence-corrected chi connectivity index (χ4v) is 3.44. The predicted molar refractivity (Wildman–Crippen MR) is 76.0 cm³/mol. The summed E-state index contributed by atoms with van der Waals surface area (Å²) in [6, 6.07) is 2.57. The molecule has 2 nitrogen and oxygen atoms in total. The molecule has 92 valence electrons. The Morgan fingerprint density at radius 3 is 2.69 bits per heavy atom. The van der Waals surface area contributed by atoms with E-state index in [9.17, 15) is 0 Å². The first-order valence-electron chi connectivity index (χ1n) is 5.90. The predicted octanol–water partition coefficient (Wildman–Crippen LogP) is 3.63. The number of rotatable bonds is 7. The summed E-state index contributed by atoms with van der Waals surface area (Å²) in [5, 5.41) is 2.13. The van der Waals surface area contributed by atoms with E-state index in [1.807, 2.05) is 0 Å². The molecule has 1 unspecified atom stereocenters. The summed E-state index contributed by atoms with van der Waals surface area (Å²) in [6.07, 6.45) is 2.48. The highest BCUT2D eigenvalue weighted by atomic mass is 79.9. The molecule has 1 atom stereocenters. The van der Waals surface area contributed by atoms with Crippen molar-refractivity contribution in [1.82, 2.24) is 4.90 Å². The zero-order chi connectivity index (χ0) is 12.0. The van der Waals surface area contributed by atoms with Gasteiger partial charge in [0.05, 0.1) is 6.04 Å². The maximum Gasteiger partial charge on any atom is 0.0564 e. The number of nitrogens with zero attached hydrogens (tertiary/aromatic N) is 1. The molecule has 2 N–H and O–H groups in total. The average Bonchev–Trinajstić information content (AvgIpc) is 2.70. The van der Waals surface area contributed by atoms with Crippen molar-refractivity contribution in [3.8, 4) is 0 Å². The lowest BCUT2D eigenvalue weighted by atomic mass is 10.2. The van der Waals surface area contributed by atoms with Crippen molar-refractivity contribution in [3.63, 3.8) is 0 Å². The molecule has 4 heteroatoms. The van der Waals surface area contributed by atoms with Gasteiger partial charge in [0.15, 0.2) is 0 Å². The van der Waals surface area contributed by atoms with E-state index in [1.165, 1.54) is 17.7 Å². The zero-order valence-electron chi connectivity index (χ0n) is 10.1. The van der Waals surface area contributed by atoms with E-state index in [-0.39, 0.29) is 0 Å². The summed E-state index contributed by atoms with van der Waals surface area (Å²) in [5.41, 5.74) is 5.91. The molecular weight excluding hydrogens is 284 g/mol. The van der Waals surface area contributed by atoms with Crippen LogP contribution in [0, 0.1) is 0 Å². The lowest BCUT2D eigenvalue weighted by molar-refractivity contribution is 0.212. The molecule has 0 aliphatic rings. The molecule has 1 heterocycles. The maximum absolute atomic E-state index is 5.91. The first-order chi connectivity index (χ1) is 7.72. The second-order valence-electron chi connectivity index (χ2n) is 3.90. The fraction of sp³-hybridized carbons (Fsp3) is 0.667. The Bertz CT molecular complexity index is 301. The highest BCUT2D eigenvalue weighted by molar-refractivity contribution is 9.10. The third-order valence-electron chi connectivity index (χ3n) is 2.79. The Morgan fingerprint density at radius 2 is 2.25 bits per heavy atom. The van der Waals surface area contributed by atoms with Gasteiger partial charge in [0, 0.05) is 21.3 Å². The first kappa shape index (κ1) is 14.2. The van der Waals surface area contributed by atoms with E-state index in [0.29, 0.717) is 12.6 Å². The molecule has 0 bridgehead atoms. The molecule has 0 amide bonds. The smallest absolute Gasteiger partial charge is 0.0564 e. The monoisotopic (exact) mass is 304 g/mol. The lowest BCUT2D eigenvalue weighted by Gasteiger charge is -2.28. The number of unbranched alkanes of at least 4 members (excludes halogenated alkanes) is 1. The first-order valence-corrected chi connectivity index (χ1v) is 7.58. The van der Waals surface area contributed by atoms with Gasteiger partial charge in [-0.25, -0.2) is 0 Å². The summed E-state index contributed by atoms with van der Waals surface area (Å²) in [5.74, 6) is 0. The van der Waals surface area contributed by atoms with Gasteiger partial charge in [-0.2, -0.15) is 0 Å². The van der Waals surface area contributed by atoms with Gasteiger partial charge in [-0.3, -0.25) is 4.90 Å². The van der Waals surface area contributed by atoms with E-state index in [4.69, 9.17) is 5.73 Å². The van der Waals surface area contributed by atoms with Crippen LogP contribution >= 0.6 is 27.3 Å². The minimum atomic E-state index is 0.382. The number of halogens is 1. The molecule has 0 saturated heterocycles. The van der Waals surface area contributed by atoms with Crippen LogP contribution in [0.1, 0.15) is 37.6 Å². The van der Waals surface area contributed by atoms with Crippen molar-refractivity contribution in [2.45, 2.75) is 32.7 Å². The van der Waals surface area contributed by atoms with Crippen LogP contribution in [0.15, 0.2) is 15.9 Å². The molecule has 0 spiro atoms. The third kappa shape index (κ3) is 3.84. The van der Waals surface area contributed by atoms with Gasteiger partial charge in [-0.1, -0.05) is 20.3 Å². The fourth-order valence-electron chi connectivity index (χ4n) is 1.84. The summed E-state index contributed by atoms with van der Waals surface area (Å²) < 4.78 is 1.16. The van der Waals surface area contributed by atoms with Crippen LogP contribution in [0.3, 0.4) is 0 Å². The van der Waals surface area contributed by atoms with Crippen molar-refractivity contribution >= 4 is 27.3 Å². The van der Waals surface area contributed by atoms with Gasteiger partial charge < -0.3 is 5.73 Å². The van der Waals surface area contributed by atoms with Gasteiger partial charge in [0.1, 0.15) is 0 Å². The number of nitrogens with two attached hydrogens (primary N) is 1. The molecule has 16 heavy (non-hydrogen) atoms. The molecule has 1 aromatic rings. The normalized spacial score (nSPS) is 13.3. The van der Waals surface area contributed by atoms with Crippen LogP contribution in [0.4, 0.5) is 0 Å². The van der Waals surface area contributed by atoms with Crippen molar-refractivity contribution in [3.05, 3.63) is 20.8 Å². The quantitative estimate of drug-likeness (QED) is 0.833. The van der Waals surface area contributed by atoms with Gasteiger partial charge >= 0.3 is 0 Å². The van der Waals surface area contributed by atoms with E-state index >= 15 is 0 Å². The van der Waals surface area contributed by atoms with E-state index in [2.05, 4.69) is 46.1 Å². The second kappa shape index (κ2) is 7.43. The lowest BCUT2D eigenvalue weighted by Crippen LogP contribution is -2.33. The summed E-state index contributed by atoms with van der Waals surface area (Å²) in [6.45, 7) is 7.35. The number of likely N-dealkylation sites (N-methyl/N-ethyl adjacent to an activating group) is 1. The standard InChI is InChI=1S/C12H21BrN2S/c1-3-5-6-15(4-2)11(8-14)12-7-10(13)9-16-12/h7,9,11H,3-6,8,14H2,1-2H3. The maximum atomic E-state index is 5.91. The topological polar surface area (TPSA) is 29.3 Å². The van der Waals surface area contributed by atoms with Crippen LogP contribution in [-0.2, 0) is 0 Å². The highest BCUT2D eigenvalue weighted by Crippen LogP contribution is 2.29. The minimum Gasteiger partial charge on any atom is -0.329 e. The minimum absolute atomic E-state index is 0.382. The number of hydrogen-bond donors (Lipinski definition) is 1. The SMILES string of the molecule is CCCCN(CC)C(CN)c1cc(Br)cs1. The van der Waals surface area contributed by atoms with Crippen LogP contribution in [-0.4, -0.2) is 24.5 Å². The summed E-state index contributed by atoms with van der Waals surface area (Å²) in [4.78, 5) is 3.84. The highest BCUT2D eigenvalue weighted by Gasteiger charge is 2.18. The van der Waals surface area contributed by atoms with Gasteiger partial charge in [-0.15, -0.1) is 11.3 Å². The average molecular weight is 305 g/mol. The number of hydrogen-bond acceptors (Lipinski definition) is 3. The van der Waals surface area contributed by atoms with Crippen molar-refractivity contribution in [2.24, 2.45) is 5.73 Å². The van der Waals surface area contributed by atoms with Gasteiger partial charge in [-0.05, 0) is 41.5 Å². The van der Waals surface area contributed by atoms with Gasteiger partial charge in [0.25, 0.3) is 0 Å². The summed E-state index contributed by atoms with van der Waals surface area (Å²) >= 11 is 5.30. The molecule has 1 aromatic heterocycles. The van der Waals surface area contributed by atoms with Crippen LogP contribution in [0.5, 0.6) is 0 Å². The number of thiophene rings is 1.